The Labute approximate surface area is 118 Å². The van der Waals surface area contributed by atoms with Crippen molar-refractivity contribution in [2.24, 2.45) is 0 Å². The lowest BCUT2D eigenvalue weighted by atomic mass is 9.99. The molecule has 0 unspecified atom stereocenters. The van der Waals surface area contributed by atoms with Crippen molar-refractivity contribution in [1.29, 1.82) is 0 Å². The minimum Gasteiger partial charge on any atom is -0.236 e. The quantitative estimate of drug-likeness (QED) is 0.687. The molecule has 0 bridgehead atoms. The first-order chi connectivity index (χ1) is 9.33. The minimum absolute atomic E-state index is 0.538. The van der Waals surface area contributed by atoms with Gasteiger partial charge in [0.2, 0.25) is 0 Å². The highest BCUT2D eigenvalue weighted by molar-refractivity contribution is 6.29. The Morgan fingerprint density at radius 2 is 1.79 bits per heavy atom. The number of halogens is 1. The maximum Gasteiger partial charge on any atom is 0.130 e. The van der Waals surface area contributed by atoms with Gasteiger partial charge in [0, 0.05) is 5.56 Å². The number of pyridine rings is 1. The number of hydrogen-bond acceptors (Lipinski definition) is 1. The van der Waals surface area contributed by atoms with E-state index in [2.05, 4.69) is 29.3 Å². The first kappa shape index (κ1) is 12.2. The molecule has 3 rings (SSSR count). The maximum atomic E-state index is 6.16. The van der Waals surface area contributed by atoms with E-state index in [1.54, 1.807) is 0 Å². The van der Waals surface area contributed by atoms with E-state index in [1.165, 1.54) is 5.57 Å². The summed E-state index contributed by atoms with van der Waals surface area (Å²) in [4.78, 5) is 4.41. The van der Waals surface area contributed by atoms with E-state index in [0.29, 0.717) is 5.15 Å². The van der Waals surface area contributed by atoms with Gasteiger partial charge in [0.25, 0.3) is 0 Å². The Balaban J connectivity index is 2.06. The van der Waals surface area contributed by atoms with E-state index in [4.69, 9.17) is 11.6 Å². The van der Waals surface area contributed by atoms with Gasteiger partial charge in [-0.15, -0.1) is 0 Å². The van der Waals surface area contributed by atoms with Crippen molar-refractivity contribution in [3.8, 4) is 11.3 Å². The molecule has 1 heterocycles. The highest BCUT2D eigenvalue weighted by atomic mass is 35.5. The largest absolute Gasteiger partial charge is 0.236 e. The molecule has 1 aliphatic rings. The molecule has 0 spiro atoms. The highest BCUT2D eigenvalue weighted by Gasteiger charge is 2.07. The van der Waals surface area contributed by atoms with Gasteiger partial charge < -0.3 is 0 Å². The molecule has 0 amide bonds. The number of hydrogen-bond donors (Lipinski definition) is 0. The van der Waals surface area contributed by atoms with E-state index in [1.807, 2.05) is 36.4 Å². The lowest BCUT2D eigenvalue weighted by Crippen LogP contribution is -1.91. The van der Waals surface area contributed by atoms with Crippen molar-refractivity contribution in [2.45, 2.75) is 12.8 Å². The van der Waals surface area contributed by atoms with Crippen LogP contribution in [0.4, 0.5) is 0 Å². The van der Waals surface area contributed by atoms with Gasteiger partial charge in [-0.3, -0.25) is 0 Å². The van der Waals surface area contributed by atoms with Crippen LogP contribution in [-0.2, 0) is 0 Å². The summed E-state index contributed by atoms with van der Waals surface area (Å²) in [5.74, 6) is 0. The van der Waals surface area contributed by atoms with Crippen molar-refractivity contribution in [3.63, 3.8) is 0 Å². The van der Waals surface area contributed by atoms with Gasteiger partial charge in [-0.1, -0.05) is 60.2 Å². The first-order valence-corrected chi connectivity index (χ1v) is 6.81. The van der Waals surface area contributed by atoms with Crippen molar-refractivity contribution >= 4 is 17.2 Å². The van der Waals surface area contributed by atoms with Crippen LogP contribution >= 0.6 is 11.6 Å². The topological polar surface area (TPSA) is 12.9 Å². The predicted molar refractivity (Wildman–Crippen MR) is 81.0 cm³/mol. The second-order valence-corrected chi connectivity index (χ2v) is 4.96. The van der Waals surface area contributed by atoms with Crippen LogP contribution in [0.5, 0.6) is 0 Å². The SMILES string of the molecule is Clc1cc(C2=CCCC=C2)cc(-c2ccccc2)n1. The van der Waals surface area contributed by atoms with Crippen molar-refractivity contribution in [2.75, 3.05) is 0 Å². The Morgan fingerprint density at radius 1 is 0.947 bits per heavy atom. The van der Waals surface area contributed by atoms with Crippen LogP contribution in [-0.4, -0.2) is 4.98 Å². The molecular formula is C17H14ClN. The van der Waals surface area contributed by atoms with Crippen LogP contribution in [0.15, 0.2) is 60.7 Å². The lowest BCUT2D eigenvalue weighted by molar-refractivity contribution is 1.04. The third-order valence-corrected chi connectivity index (χ3v) is 3.39. The Hall–Kier alpha value is -1.86. The fraction of sp³-hybridized carbons (Fsp3) is 0.118. The lowest BCUT2D eigenvalue weighted by Gasteiger charge is -2.10. The number of nitrogens with zero attached hydrogens (tertiary/aromatic N) is 1. The average Bonchev–Trinajstić information content (AvgIpc) is 2.48. The summed E-state index contributed by atoms with van der Waals surface area (Å²) in [6.45, 7) is 0. The van der Waals surface area contributed by atoms with E-state index in [9.17, 15) is 0 Å². The normalized spacial score (nSPS) is 14.3. The molecule has 0 fully saturated rings. The number of aromatic nitrogens is 1. The third kappa shape index (κ3) is 2.77. The maximum absolute atomic E-state index is 6.16. The van der Waals surface area contributed by atoms with Gasteiger partial charge in [-0.05, 0) is 36.1 Å². The fourth-order valence-electron chi connectivity index (χ4n) is 2.25. The zero-order valence-electron chi connectivity index (χ0n) is 10.5. The summed E-state index contributed by atoms with van der Waals surface area (Å²) >= 11 is 6.16. The zero-order chi connectivity index (χ0) is 13.1. The summed E-state index contributed by atoms with van der Waals surface area (Å²) in [6.07, 6.45) is 8.82. The predicted octanol–water partition coefficient (Wildman–Crippen LogP) is 5.14. The van der Waals surface area contributed by atoms with E-state index in [0.717, 1.165) is 29.7 Å². The van der Waals surface area contributed by atoms with Gasteiger partial charge >= 0.3 is 0 Å². The van der Waals surface area contributed by atoms with Crippen LogP contribution < -0.4 is 0 Å². The number of benzene rings is 1. The van der Waals surface area contributed by atoms with E-state index >= 15 is 0 Å². The Bertz CT molecular complexity index is 642. The standard InChI is InChI=1S/C17H14ClN/c18-17-12-15(13-7-3-1-4-8-13)11-16(19-17)14-9-5-2-6-10-14/h2-3,5-12H,1,4H2. The molecule has 19 heavy (non-hydrogen) atoms. The van der Waals surface area contributed by atoms with Crippen molar-refractivity contribution in [1.82, 2.24) is 4.98 Å². The van der Waals surface area contributed by atoms with Gasteiger partial charge in [0.05, 0.1) is 5.69 Å². The van der Waals surface area contributed by atoms with Gasteiger partial charge in [-0.25, -0.2) is 4.98 Å². The molecular weight excluding hydrogens is 254 g/mol. The van der Waals surface area contributed by atoms with Crippen molar-refractivity contribution < 1.29 is 0 Å². The molecule has 0 atom stereocenters. The summed E-state index contributed by atoms with van der Waals surface area (Å²) in [6, 6.07) is 14.1. The molecule has 1 nitrogen and oxygen atoms in total. The van der Waals surface area contributed by atoms with Crippen LogP contribution in [0.25, 0.3) is 16.8 Å². The molecule has 0 radical (unpaired) electrons. The zero-order valence-corrected chi connectivity index (χ0v) is 11.3. The summed E-state index contributed by atoms with van der Waals surface area (Å²) in [7, 11) is 0. The van der Waals surface area contributed by atoms with Gasteiger partial charge in [0.1, 0.15) is 5.15 Å². The molecule has 0 aliphatic heterocycles. The Morgan fingerprint density at radius 3 is 2.53 bits per heavy atom. The molecule has 0 saturated carbocycles. The fourth-order valence-corrected chi connectivity index (χ4v) is 2.46. The summed E-state index contributed by atoms with van der Waals surface area (Å²) in [5.41, 5.74) is 4.37. The number of rotatable bonds is 2. The average molecular weight is 268 g/mol. The molecule has 1 aliphatic carbocycles. The Kier molecular flexibility index (Phi) is 3.47. The molecule has 1 aromatic heterocycles. The molecule has 1 aromatic carbocycles. The van der Waals surface area contributed by atoms with Crippen molar-refractivity contribution in [3.05, 3.63) is 71.4 Å². The second-order valence-electron chi connectivity index (χ2n) is 4.57. The van der Waals surface area contributed by atoms with Crippen LogP contribution in [0, 0.1) is 0 Å². The van der Waals surface area contributed by atoms with Crippen LogP contribution in [0.1, 0.15) is 18.4 Å². The van der Waals surface area contributed by atoms with Crippen LogP contribution in [0.2, 0.25) is 5.15 Å². The summed E-state index contributed by atoms with van der Waals surface area (Å²) < 4.78 is 0. The minimum atomic E-state index is 0.538. The van der Waals surface area contributed by atoms with Crippen LogP contribution in [0.3, 0.4) is 0 Å². The molecule has 0 saturated heterocycles. The van der Waals surface area contributed by atoms with Gasteiger partial charge in [0.15, 0.2) is 0 Å². The monoisotopic (exact) mass is 267 g/mol. The first-order valence-electron chi connectivity index (χ1n) is 6.43. The number of allylic oxidation sites excluding steroid dienone is 4. The summed E-state index contributed by atoms with van der Waals surface area (Å²) in [5, 5.41) is 0.538. The second kappa shape index (κ2) is 5.41. The molecule has 94 valence electrons. The smallest absolute Gasteiger partial charge is 0.130 e. The molecule has 2 heteroatoms. The molecule has 0 N–H and O–H groups in total. The van der Waals surface area contributed by atoms with E-state index in [-0.39, 0.29) is 0 Å². The molecule has 2 aromatic rings. The van der Waals surface area contributed by atoms with Gasteiger partial charge in [-0.2, -0.15) is 0 Å². The third-order valence-electron chi connectivity index (χ3n) is 3.19. The van der Waals surface area contributed by atoms with E-state index < -0.39 is 0 Å². The highest BCUT2D eigenvalue weighted by Crippen LogP contribution is 2.27.